The van der Waals surface area contributed by atoms with Crippen LogP contribution in [0.4, 0.5) is 0 Å². The first kappa shape index (κ1) is 24.5. The minimum absolute atomic E-state index is 0.0246. The fourth-order valence-electron chi connectivity index (χ4n) is 5.27. The Kier molecular flexibility index (Phi) is 7.12. The van der Waals surface area contributed by atoms with Crippen LogP contribution in [0.1, 0.15) is 49.7 Å². The van der Waals surface area contributed by atoms with Crippen molar-refractivity contribution in [1.82, 2.24) is 0 Å². The molecule has 1 aliphatic carbocycles. The molecule has 0 radical (unpaired) electrons. The van der Waals surface area contributed by atoms with Gasteiger partial charge >= 0.3 is 5.97 Å². The summed E-state index contributed by atoms with van der Waals surface area (Å²) in [5.41, 5.74) is 3.55. The SMILES string of the molecule is CCOCCOC(=O)C1C(C)=NC2=C(C(=O)CC(c3ccccc3)C2)C1c1cc2c(cc1Cl)OCO2. The Bertz CT molecular complexity index is 1240. The molecule has 2 heterocycles. The number of rotatable bonds is 7. The molecule has 36 heavy (non-hydrogen) atoms. The van der Waals surface area contributed by atoms with Crippen LogP contribution >= 0.6 is 11.6 Å². The topological polar surface area (TPSA) is 83.4 Å². The first-order chi connectivity index (χ1) is 17.5. The molecule has 0 amide bonds. The number of halogens is 1. The van der Waals surface area contributed by atoms with E-state index in [2.05, 4.69) is 0 Å². The average molecular weight is 510 g/mol. The van der Waals surface area contributed by atoms with E-state index in [1.165, 1.54) is 0 Å². The van der Waals surface area contributed by atoms with Gasteiger partial charge in [0.05, 0.1) is 6.61 Å². The molecule has 0 spiro atoms. The van der Waals surface area contributed by atoms with Crippen LogP contribution in [-0.4, -0.2) is 44.1 Å². The van der Waals surface area contributed by atoms with Crippen molar-refractivity contribution < 1.29 is 28.5 Å². The number of carbonyl (C=O) groups is 2. The van der Waals surface area contributed by atoms with E-state index in [-0.39, 0.29) is 25.1 Å². The van der Waals surface area contributed by atoms with Crippen molar-refractivity contribution in [3.63, 3.8) is 0 Å². The van der Waals surface area contributed by atoms with Gasteiger partial charge in [-0.1, -0.05) is 41.9 Å². The van der Waals surface area contributed by atoms with E-state index in [4.69, 9.17) is 35.5 Å². The average Bonchev–Trinajstić information content (AvgIpc) is 3.32. The first-order valence-electron chi connectivity index (χ1n) is 12.2. The minimum Gasteiger partial charge on any atom is -0.463 e. The molecule has 0 saturated carbocycles. The van der Waals surface area contributed by atoms with Crippen molar-refractivity contribution in [2.75, 3.05) is 26.6 Å². The van der Waals surface area contributed by atoms with Crippen molar-refractivity contribution in [1.29, 1.82) is 0 Å². The predicted molar refractivity (Wildman–Crippen MR) is 135 cm³/mol. The van der Waals surface area contributed by atoms with E-state index < -0.39 is 17.8 Å². The lowest BCUT2D eigenvalue weighted by atomic mass is 9.69. The quantitative estimate of drug-likeness (QED) is 0.375. The summed E-state index contributed by atoms with van der Waals surface area (Å²) in [5.74, 6) is -0.827. The predicted octanol–water partition coefficient (Wildman–Crippen LogP) is 5.22. The van der Waals surface area contributed by atoms with Gasteiger partial charge in [-0.2, -0.15) is 0 Å². The Hall–Kier alpha value is -3.16. The van der Waals surface area contributed by atoms with Gasteiger partial charge in [-0.3, -0.25) is 14.6 Å². The van der Waals surface area contributed by atoms with Crippen LogP contribution in [-0.2, 0) is 19.1 Å². The summed E-state index contributed by atoms with van der Waals surface area (Å²) in [5, 5.41) is 0.399. The fourth-order valence-corrected chi connectivity index (χ4v) is 5.54. The second-order valence-corrected chi connectivity index (χ2v) is 9.51. The number of aliphatic imine (C=N–C) groups is 1. The maximum Gasteiger partial charge on any atom is 0.315 e. The van der Waals surface area contributed by atoms with Gasteiger partial charge in [-0.25, -0.2) is 0 Å². The van der Waals surface area contributed by atoms with Gasteiger partial charge in [-0.05, 0) is 43.4 Å². The van der Waals surface area contributed by atoms with Crippen LogP contribution in [0.3, 0.4) is 0 Å². The number of carbonyl (C=O) groups excluding carboxylic acids is 2. The normalized spacial score (nSPS) is 22.8. The van der Waals surface area contributed by atoms with E-state index in [0.717, 1.165) is 5.56 Å². The van der Waals surface area contributed by atoms with Crippen LogP contribution < -0.4 is 9.47 Å². The number of allylic oxidation sites excluding steroid dienone is 2. The molecule has 3 atom stereocenters. The summed E-state index contributed by atoms with van der Waals surface area (Å²) in [4.78, 5) is 31.9. The lowest BCUT2D eigenvalue weighted by molar-refractivity contribution is -0.148. The Balaban J connectivity index is 1.56. The third-order valence-corrected chi connectivity index (χ3v) is 7.24. The zero-order valence-electron chi connectivity index (χ0n) is 20.3. The lowest BCUT2D eigenvalue weighted by Crippen LogP contribution is -2.38. The van der Waals surface area contributed by atoms with Crippen LogP contribution in [0.15, 0.2) is 58.7 Å². The molecular weight excluding hydrogens is 482 g/mol. The van der Waals surface area contributed by atoms with Crippen molar-refractivity contribution in [2.45, 2.75) is 38.5 Å². The van der Waals surface area contributed by atoms with Crippen LogP contribution in [0.2, 0.25) is 5.02 Å². The summed E-state index contributed by atoms with van der Waals surface area (Å²) < 4.78 is 21.9. The van der Waals surface area contributed by atoms with Gasteiger partial charge in [0, 0.05) is 47.0 Å². The monoisotopic (exact) mass is 509 g/mol. The van der Waals surface area contributed by atoms with Gasteiger partial charge in [0.25, 0.3) is 0 Å². The molecule has 0 bridgehead atoms. The van der Waals surface area contributed by atoms with E-state index >= 15 is 0 Å². The molecule has 3 aliphatic rings. The molecule has 0 aromatic heterocycles. The van der Waals surface area contributed by atoms with E-state index in [0.29, 0.717) is 65.1 Å². The Morgan fingerprint density at radius 2 is 1.86 bits per heavy atom. The van der Waals surface area contributed by atoms with Gasteiger partial charge < -0.3 is 18.9 Å². The van der Waals surface area contributed by atoms with Crippen molar-refractivity contribution in [3.8, 4) is 11.5 Å². The molecule has 7 nitrogen and oxygen atoms in total. The van der Waals surface area contributed by atoms with E-state index in [9.17, 15) is 9.59 Å². The Morgan fingerprint density at radius 1 is 1.11 bits per heavy atom. The summed E-state index contributed by atoms with van der Waals surface area (Å²) in [6.07, 6.45) is 0.940. The third kappa shape index (κ3) is 4.65. The number of ketones is 1. The molecule has 0 fully saturated rings. The lowest BCUT2D eigenvalue weighted by Gasteiger charge is -2.36. The number of ether oxygens (including phenoxy) is 4. The number of hydrogen-bond acceptors (Lipinski definition) is 7. The van der Waals surface area contributed by atoms with E-state index in [1.54, 1.807) is 12.1 Å². The molecule has 3 unspecified atom stereocenters. The molecule has 2 aliphatic heterocycles. The number of Topliss-reactive ketones (excluding diaryl/α,β-unsaturated/α-hetero) is 1. The minimum atomic E-state index is -0.791. The largest absolute Gasteiger partial charge is 0.463 e. The van der Waals surface area contributed by atoms with Crippen molar-refractivity contribution in [2.24, 2.45) is 10.9 Å². The fraction of sp³-hybridized carbons (Fsp3) is 0.393. The van der Waals surface area contributed by atoms with Gasteiger partial charge in [0.15, 0.2) is 17.3 Å². The number of hydrogen-bond donors (Lipinski definition) is 0. The highest BCUT2D eigenvalue weighted by atomic mass is 35.5. The molecule has 8 heteroatoms. The third-order valence-electron chi connectivity index (χ3n) is 6.92. The molecule has 0 saturated heterocycles. The molecule has 188 valence electrons. The van der Waals surface area contributed by atoms with Crippen LogP contribution in [0.25, 0.3) is 0 Å². The summed E-state index contributed by atoms with van der Waals surface area (Å²) in [6, 6.07) is 13.4. The van der Waals surface area contributed by atoms with Gasteiger partial charge in [-0.15, -0.1) is 0 Å². The van der Waals surface area contributed by atoms with Crippen LogP contribution in [0, 0.1) is 5.92 Å². The maximum atomic E-state index is 13.7. The number of esters is 1. The smallest absolute Gasteiger partial charge is 0.315 e. The number of nitrogens with zero attached hydrogens (tertiary/aromatic N) is 1. The summed E-state index contributed by atoms with van der Waals surface area (Å²) >= 11 is 6.73. The first-order valence-corrected chi connectivity index (χ1v) is 12.6. The van der Waals surface area contributed by atoms with Gasteiger partial charge in [0.2, 0.25) is 6.79 Å². The maximum absolute atomic E-state index is 13.7. The zero-order chi connectivity index (χ0) is 25.2. The standard InChI is InChI=1S/C28H28ClNO6/c1-3-33-9-10-34-28(32)25-16(2)30-21-11-18(17-7-5-4-6-8-17)12-22(31)27(21)26(25)19-13-23-24(14-20(19)29)36-15-35-23/h4-8,13-14,18,25-26H,3,9-12,15H2,1-2H3. The molecule has 2 aromatic rings. The second kappa shape index (κ2) is 10.4. The molecular formula is C28H28ClNO6. The molecule has 0 N–H and O–H groups in total. The summed E-state index contributed by atoms with van der Waals surface area (Å²) in [6.45, 7) is 4.73. The number of benzene rings is 2. The zero-order valence-corrected chi connectivity index (χ0v) is 21.0. The summed E-state index contributed by atoms with van der Waals surface area (Å²) in [7, 11) is 0. The Morgan fingerprint density at radius 3 is 2.61 bits per heavy atom. The van der Waals surface area contributed by atoms with Crippen LogP contribution in [0.5, 0.6) is 11.5 Å². The van der Waals surface area contributed by atoms with E-state index in [1.807, 2.05) is 44.2 Å². The molecule has 2 aromatic carbocycles. The molecule has 5 rings (SSSR count). The Labute approximate surface area is 215 Å². The van der Waals surface area contributed by atoms with Crippen molar-refractivity contribution in [3.05, 3.63) is 69.9 Å². The van der Waals surface area contributed by atoms with Gasteiger partial charge in [0.1, 0.15) is 12.5 Å². The highest BCUT2D eigenvalue weighted by molar-refractivity contribution is 6.32. The highest BCUT2D eigenvalue weighted by Crippen LogP contribution is 2.50. The number of fused-ring (bicyclic) bond motifs is 1. The van der Waals surface area contributed by atoms with Crippen molar-refractivity contribution >= 4 is 29.1 Å². The second-order valence-electron chi connectivity index (χ2n) is 9.10. The highest BCUT2D eigenvalue weighted by Gasteiger charge is 2.46.